The van der Waals surface area contributed by atoms with Crippen LogP contribution in [0.2, 0.25) is 0 Å². The highest BCUT2D eigenvalue weighted by Gasteiger charge is 2.22. The molecule has 2 aliphatic rings. The first kappa shape index (κ1) is 12.6. The molecule has 1 saturated heterocycles. The van der Waals surface area contributed by atoms with Crippen LogP contribution in [-0.2, 0) is 4.79 Å². The minimum Gasteiger partial charge on any atom is -0.337 e. The Morgan fingerprint density at radius 3 is 2.24 bits per heavy atom. The van der Waals surface area contributed by atoms with E-state index in [-0.39, 0.29) is 11.8 Å². The lowest BCUT2D eigenvalue weighted by atomic mass is 9.89. The first-order valence-corrected chi connectivity index (χ1v) is 6.94. The molecule has 1 amide bonds. The van der Waals surface area contributed by atoms with Crippen molar-refractivity contribution < 1.29 is 9.18 Å². The van der Waals surface area contributed by atoms with E-state index in [2.05, 4.69) is 0 Å². The smallest absolute Gasteiger partial charge is 0.282 e. The van der Waals surface area contributed by atoms with Crippen LogP contribution in [0.15, 0.2) is 11.9 Å². The summed E-state index contributed by atoms with van der Waals surface area (Å²) in [5.74, 6) is -0.605. The molecular formula is C14H22FNO. The fourth-order valence-corrected chi connectivity index (χ4v) is 2.83. The Kier molecular flexibility index (Phi) is 4.57. The van der Waals surface area contributed by atoms with Gasteiger partial charge >= 0.3 is 0 Å². The third kappa shape index (κ3) is 3.55. The number of hydrogen-bond acceptors (Lipinski definition) is 1. The fourth-order valence-electron chi connectivity index (χ4n) is 2.83. The van der Waals surface area contributed by atoms with Gasteiger partial charge in [0.25, 0.3) is 5.91 Å². The van der Waals surface area contributed by atoms with E-state index in [0.29, 0.717) is 0 Å². The van der Waals surface area contributed by atoms with Crippen molar-refractivity contribution in [1.82, 2.24) is 4.90 Å². The third-order valence-corrected chi connectivity index (χ3v) is 3.88. The second-order valence-electron chi connectivity index (χ2n) is 5.27. The molecule has 0 aromatic rings. The van der Waals surface area contributed by atoms with Gasteiger partial charge in [-0.2, -0.15) is 0 Å². The van der Waals surface area contributed by atoms with Gasteiger partial charge in [0.15, 0.2) is 5.83 Å². The molecule has 2 fully saturated rings. The molecule has 17 heavy (non-hydrogen) atoms. The van der Waals surface area contributed by atoms with E-state index in [1.54, 1.807) is 11.0 Å². The van der Waals surface area contributed by atoms with Gasteiger partial charge < -0.3 is 4.90 Å². The van der Waals surface area contributed by atoms with Gasteiger partial charge in [0.1, 0.15) is 0 Å². The van der Waals surface area contributed by atoms with Crippen LogP contribution < -0.4 is 0 Å². The monoisotopic (exact) mass is 239 g/mol. The average Bonchev–Trinajstić information content (AvgIpc) is 2.40. The number of carbonyl (C=O) groups excluding carboxylic acids is 1. The number of allylic oxidation sites excluding steroid dienone is 1. The minimum atomic E-state index is -0.515. The summed E-state index contributed by atoms with van der Waals surface area (Å²) < 4.78 is 13.8. The molecule has 1 aliphatic heterocycles. The van der Waals surface area contributed by atoms with Crippen molar-refractivity contribution in [2.75, 3.05) is 13.1 Å². The van der Waals surface area contributed by atoms with Crippen molar-refractivity contribution in [3.63, 3.8) is 0 Å². The first-order chi connectivity index (χ1) is 8.27. The molecule has 0 aromatic heterocycles. The predicted molar refractivity (Wildman–Crippen MR) is 66.2 cm³/mol. The van der Waals surface area contributed by atoms with Gasteiger partial charge in [-0.05, 0) is 44.1 Å². The van der Waals surface area contributed by atoms with Crippen LogP contribution in [0.4, 0.5) is 4.39 Å². The van der Waals surface area contributed by atoms with Gasteiger partial charge in [0.2, 0.25) is 0 Å². The van der Waals surface area contributed by atoms with Gasteiger partial charge in [0.05, 0.1) is 0 Å². The van der Waals surface area contributed by atoms with Crippen LogP contribution in [0.25, 0.3) is 0 Å². The summed E-state index contributed by atoms with van der Waals surface area (Å²) in [5.41, 5.74) is 0. The number of amides is 1. The largest absolute Gasteiger partial charge is 0.337 e. The van der Waals surface area contributed by atoms with Crippen LogP contribution in [0.5, 0.6) is 0 Å². The van der Waals surface area contributed by atoms with Crippen molar-refractivity contribution in [3.8, 4) is 0 Å². The summed E-state index contributed by atoms with van der Waals surface area (Å²) in [4.78, 5) is 13.5. The molecule has 2 rings (SSSR count). The summed E-state index contributed by atoms with van der Waals surface area (Å²) in [5, 5.41) is 0. The quantitative estimate of drug-likeness (QED) is 0.676. The molecular weight excluding hydrogens is 217 g/mol. The Hall–Kier alpha value is -0.860. The normalized spacial score (nSPS) is 23.8. The van der Waals surface area contributed by atoms with Crippen molar-refractivity contribution in [2.24, 2.45) is 5.92 Å². The average molecular weight is 239 g/mol. The lowest BCUT2D eigenvalue weighted by Crippen LogP contribution is -2.36. The number of piperidine rings is 1. The van der Waals surface area contributed by atoms with E-state index >= 15 is 0 Å². The topological polar surface area (TPSA) is 20.3 Å². The number of nitrogens with zero attached hydrogens (tertiary/aromatic N) is 1. The molecule has 3 heteroatoms. The van der Waals surface area contributed by atoms with E-state index < -0.39 is 5.83 Å². The molecule has 96 valence electrons. The van der Waals surface area contributed by atoms with Gasteiger partial charge in [-0.25, -0.2) is 4.39 Å². The summed E-state index contributed by atoms with van der Waals surface area (Å²) in [6.45, 7) is 1.45. The second kappa shape index (κ2) is 6.18. The van der Waals surface area contributed by atoms with E-state index in [1.807, 2.05) is 0 Å². The zero-order valence-corrected chi connectivity index (χ0v) is 10.5. The molecule has 0 radical (unpaired) electrons. The molecule has 0 N–H and O–H groups in total. The van der Waals surface area contributed by atoms with Crippen LogP contribution in [0.3, 0.4) is 0 Å². The van der Waals surface area contributed by atoms with Crippen molar-refractivity contribution in [2.45, 2.75) is 51.4 Å². The number of likely N-dealkylation sites (tertiary alicyclic amines) is 1. The number of carbonyl (C=O) groups is 1. The van der Waals surface area contributed by atoms with E-state index in [0.717, 1.165) is 45.2 Å². The van der Waals surface area contributed by atoms with Crippen molar-refractivity contribution in [3.05, 3.63) is 11.9 Å². The lowest BCUT2D eigenvalue weighted by molar-refractivity contribution is -0.129. The Morgan fingerprint density at radius 2 is 1.59 bits per heavy atom. The van der Waals surface area contributed by atoms with Gasteiger partial charge in [-0.1, -0.05) is 19.3 Å². The van der Waals surface area contributed by atoms with Crippen molar-refractivity contribution in [1.29, 1.82) is 0 Å². The standard InChI is InChI=1S/C14H22FNO/c15-13(11-12-7-3-1-4-8-12)14(17)16-9-5-2-6-10-16/h11-12H,1-10H2/b13-11+. The molecule has 0 spiro atoms. The van der Waals surface area contributed by atoms with E-state index in [9.17, 15) is 9.18 Å². The maximum absolute atomic E-state index is 13.8. The molecule has 0 bridgehead atoms. The van der Waals surface area contributed by atoms with Crippen LogP contribution >= 0.6 is 0 Å². The van der Waals surface area contributed by atoms with Crippen LogP contribution in [-0.4, -0.2) is 23.9 Å². The fraction of sp³-hybridized carbons (Fsp3) is 0.786. The summed E-state index contributed by atoms with van der Waals surface area (Å²) in [6.07, 6.45) is 10.5. The van der Waals surface area contributed by atoms with E-state index in [4.69, 9.17) is 0 Å². The molecule has 0 atom stereocenters. The van der Waals surface area contributed by atoms with Crippen LogP contribution in [0.1, 0.15) is 51.4 Å². The van der Waals surface area contributed by atoms with Gasteiger partial charge in [0, 0.05) is 13.1 Å². The Morgan fingerprint density at radius 1 is 1.00 bits per heavy atom. The predicted octanol–water partition coefficient (Wildman–Crippen LogP) is 3.43. The Bertz CT molecular complexity index is 289. The molecule has 1 saturated carbocycles. The maximum atomic E-state index is 13.8. The maximum Gasteiger partial charge on any atom is 0.282 e. The van der Waals surface area contributed by atoms with Crippen molar-refractivity contribution >= 4 is 5.91 Å². The number of rotatable bonds is 2. The minimum absolute atomic E-state index is 0.289. The number of hydrogen-bond donors (Lipinski definition) is 0. The number of halogens is 1. The first-order valence-electron chi connectivity index (χ1n) is 6.94. The zero-order chi connectivity index (χ0) is 12.1. The van der Waals surface area contributed by atoms with Gasteiger partial charge in [-0.3, -0.25) is 4.79 Å². The molecule has 1 aliphatic carbocycles. The van der Waals surface area contributed by atoms with Crippen LogP contribution in [0, 0.1) is 5.92 Å². The summed E-state index contributed by atoms with van der Waals surface area (Å²) >= 11 is 0. The molecule has 0 unspecified atom stereocenters. The SMILES string of the molecule is O=C(/C(F)=C\C1CCCCC1)N1CCCCC1. The zero-order valence-electron chi connectivity index (χ0n) is 10.5. The third-order valence-electron chi connectivity index (χ3n) is 3.88. The summed E-state index contributed by atoms with van der Waals surface area (Å²) in [6, 6.07) is 0. The second-order valence-corrected chi connectivity index (χ2v) is 5.27. The molecule has 1 heterocycles. The molecule has 0 aromatic carbocycles. The van der Waals surface area contributed by atoms with Gasteiger partial charge in [-0.15, -0.1) is 0 Å². The van der Waals surface area contributed by atoms with E-state index in [1.165, 1.54) is 19.3 Å². The summed E-state index contributed by atoms with van der Waals surface area (Å²) in [7, 11) is 0. The molecule has 2 nitrogen and oxygen atoms in total. The Labute approximate surface area is 103 Å². The highest BCUT2D eigenvalue weighted by Crippen LogP contribution is 2.26. The Balaban J connectivity index is 1.90. The highest BCUT2D eigenvalue weighted by atomic mass is 19.1. The highest BCUT2D eigenvalue weighted by molar-refractivity contribution is 5.91. The lowest BCUT2D eigenvalue weighted by Gasteiger charge is -2.26.